The van der Waals surface area contributed by atoms with Gasteiger partial charge in [-0.15, -0.1) is 0 Å². The van der Waals surface area contributed by atoms with E-state index in [1.165, 1.54) is 22.9 Å². The van der Waals surface area contributed by atoms with Crippen LogP contribution < -0.4 is 10.3 Å². The highest BCUT2D eigenvalue weighted by Gasteiger charge is 2.22. The molecule has 2 aromatic rings. The molecule has 2 heterocycles. The van der Waals surface area contributed by atoms with Crippen LogP contribution in [-0.4, -0.2) is 23.2 Å². The molecule has 0 fully saturated rings. The van der Waals surface area contributed by atoms with Gasteiger partial charge in [0.25, 0.3) is 10.0 Å². The van der Waals surface area contributed by atoms with Gasteiger partial charge in [-0.05, 0) is 19.9 Å². The monoisotopic (exact) mass is 282 g/mol. The average molecular weight is 282 g/mol. The molecule has 0 amide bonds. The van der Waals surface area contributed by atoms with E-state index in [0.29, 0.717) is 17.1 Å². The highest BCUT2D eigenvalue weighted by molar-refractivity contribution is 7.92. The molecule has 0 radical (unpaired) electrons. The second-order valence-corrected chi connectivity index (χ2v) is 5.85. The molecule has 0 bridgehead atoms. The van der Waals surface area contributed by atoms with Gasteiger partial charge in [0.05, 0.1) is 17.1 Å². The maximum Gasteiger partial charge on any atom is 0.265 e. The largest absolute Gasteiger partial charge is 0.316 e. The van der Waals surface area contributed by atoms with Crippen LogP contribution in [-0.2, 0) is 17.1 Å². The van der Waals surface area contributed by atoms with E-state index in [1.54, 1.807) is 20.9 Å². The van der Waals surface area contributed by atoms with Crippen molar-refractivity contribution >= 4 is 15.7 Å². The number of H-pyrrole nitrogens is 1. The third-order valence-electron chi connectivity index (χ3n) is 2.67. The summed E-state index contributed by atoms with van der Waals surface area (Å²) < 4.78 is 28.2. The molecule has 0 aliphatic rings. The molecule has 0 saturated heterocycles. The number of hydrogen-bond donors (Lipinski definition) is 2. The fraction of sp³-hybridized carbons (Fsp3) is 0.273. The summed E-state index contributed by atoms with van der Waals surface area (Å²) in [7, 11) is -2.17. The van der Waals surface area contributed by atoms with E-state index >= 15 is 0 Å². The Morgan fingerprint density at radius 1 is 1.32 bits per heavy atom. The van der Waals surface area contributed by atoms with Gasteiger partial charge in [-0.3, -0.25) is 14.6 Å². The number of sulfonamides is 1. The topological polar surface area (TPSA) is 96.8 Å². The van der Waals surface area contributed by atoms with Gasteiger partial charge in [-0.1, -0.05) is 0 Å². The molecule has 8 heteroatoms. The standard InChI is InChI=1S/C11H14N4O3S/c1-7-11(8(2)13-12-7)19(17,18)14-9-4-5-10(16)15(3)6-9/h4-6,14H,1-3H3,(H,12,13). The van der Waals surface area contributed by atoms with Crippen molar-refractivity contribution in [1.29, 1.82) is 0 Å². The van der Waals surface area contributed by atoms with Gasteiger partial charge in [-0.2, -0.15) is 5.10 Å². The highest BCUT2D eigenvalue weighted by Crippen LogP contribution is 2.19. The summed E-state index contributed by atoms with van der Waals surface area (Å²) in [6, 6.07) is 2.72. The molecule has 2 aromatic heterocycles. The Labute approximate surface area is 110 Å². The molecular formula is C11H14N4O3S. The van der Waals surface area contributed by atoms with Crippen LogP contribution in [0.2, 0.25) is 0 Å². The first-order valence-electron chi connectivity index (χ1n) is 5.52. The summed E-state index contributed by atoms with van der Waals surface area (Å²) >= 11 is 0. The van der Waals surface area contributed by atoms with Crippen LogP contribution in [0, 0.1) is 13.8 Å². The van der Waals surface area contributed by atoms with Crippen molar-refractivity contribution in [3.63, 3.8) is 0 Å². The van der Waals surface area contributed by atoms with E-state index < -0.39 is 10.0 Å². The molecule has 0 aliphatic carbocycles. The van der Waals surface area contributed by atoms with Crippen molar-refractivity contribution in [3.8, 4) is 0 Å². The SMILES string of the molecule is Cc1n[nH]c(C)c1S(=O)(=O)Nc1ccc(=O)n(C)c1. The van der Waals surface area contributed by atoms with Crippen molar-refractivity contribution in [2.45, 2.75) is 18.7 Å². The molecule has 0 saturated carbocycles. The number of aromatic nitrogens is 3. The Hall–Kier alpha value is -2.09. The molecular weight excluding hydrogens is 268 g/mol. The average Bonchev–Trinajstić information content (AvgIpc) is 2.64. The smallest absolute Gasteiger partial charge is 0.265 e. The molecule has 19 heavy (non-hydrogen) atoms. The molecule has 102 valence electrons. The van der Waals surface area contributed by atoms with E-state index in [4.69, 9.17) is 0 Å². The van der Waals surface area contributed by atoms with Crippen LogP contribution in [0.5, 0.6) is 0 Å². The maximum atomic E-state index is 12.2. The quantitative estimate of drug-likeness (QED) is 0.858. The van der Waals surface area contributed by atoms with Gasteiger partial charge >= 0.3 is 0 Å². The van der Waals surface area contributed by atoms with Gasteiger partial charge in [-0.25, -0.2) is 8.42 Å². The summed E-state index contributed by atoms with van der Waals surface area (Å²) in [5.41, 5.74) is 0.977. The number of nitrogens with one attached hydrogen (secondary N) is 2. The fourth-order valence-electron chi connectivity index (χ4n) is 1.80. The van der Waals surface area contributed by atoms with Gasteiger partial charge in [0.2, 0.25) is 5.56 Å². The third-order valence-corrected chi connectivity index (χ3v) is 4.31. The van der Waals surface area contributed by atoms with E-state index in [9.17, 15) is 13.2 Å². The van der Waals surface area contributed by atoms with Crippen LogP contribution in [0.3, 0.4) is 0 Å². The molecule has 0 unspecified atom stereocenters. The van der Waals surface area contributed by atoms with E-state index in [1.807, 2.05) is 0 Å². The Morgan fingerprint density at radius 3 is 2.53 bits per heavy atom. The zero-order valence-electron chi connectivity index (χ0n) is 10.8. The number of aromatic amines is 1. The molecule has 7 nitrogen and oxygen atoms in total. The summed E-state index contributed by atoms with van der Waals surface area (Å²) in [6.07, 6.45) is 1.42. The lowest BCUT2D eigenvalue weighted by Gasteiger charge is -2.08. The second-order valence-electron chi connectivity index (χ2n) is 4.24. The van der Waals surface area contributed by atoms with Crippen molar-refractivity contribution in [2.75, 3.05) is 4.72 Å². The molecule has 2 rings (SSSR count). The number of anilines is 1. The zero-order valence-corrected chi connectivity index (χ0v) is 11.6. The number of pyridine rings is 1. The fourth-order valence-corrected chi connectivity index (χ4v) is 3.21. The molecule has 0 aromatic carbocycles. The Balaban J connectivity index is 2.42. The second kappa shape index (κ2) is 4.54. The Morgan fingerprint density at radius 2 is 2.00 bits per heavy atom. The summed E-state index contributed by atoms with van der Waals surface area (Å²) in [6.45, 7) is 3.24. The van der Waals surface area contributed by atoms with Crippen LogP contribution in [0.1, 0.15) is 11.4 Å². The van der Waals surface area contributed by atoms with Crippen LogP contribution in [0.4, 0.5) is 5.69 Å². The lowest BCUT2D eigenvalue weighted by atomic mass is 10.4. The lowest BCUT2D eigenvalue weighted by Crippen LogP contribution is -2.19. The van der Waals surface area contributed by atoms with Crippen molar-refractivity contribution in [2.24, 2.45) is 7.05 Å². The third kappa shape index (κ3) is 2.53. The molecule has 0 spiro atoms. The minimum atomic E-state index is -3.72. The van der Waals surface area contributed by atoms with Crippen LogP contribution in [0.25, 0.3) is 0 Å². The lowest BCUT2D eigenvalue weighted by molar-refractivity contribution is 0.600. The highest BCUT2D eigenvalue weighted by atomic mass is 32.2. The number of aryl methyl sites for hydroxylation is 3. The van der Waals surface area contributed by atoms with Gasteiger partial charge in [0.15, 0.2) is 0 Å². The minimum absolute atomic E-state index is 0.126. The van der Waals surface area contributed by atoms with Gasteiger partial charge < -0.3 is 4.57 Å². The molecule has 0 atom stereocenters. The predicted molar refractivity (Wildman–Crippen MR) is 70.6 cm³/mol. The first-order chi connectivity index (χ1) is 8.81. The summed E-state index contributed by atoms with van der Waals surface area (Å²) in [5, 5.41) is 6.48. The number of nitrogens with zero attached hydrogens (tertiary/aromatic N) is 2. The maximum absolute atomic E-state index is 12.2. The van der Waals surface area contributed by atoms with Crippen molar-refractivity contribution in [1.82, 2.24) is 14.8 Å². The Kier molecular flexibility index (Phi) is 3.19. The first-order valence-corrected chi connectivity index (χ1v) is 7.00. The Bertz CT molecular complexity index is 754. The van der Waals surface area contributed by atoms with Gasteiger partial charge in [0.1, 0.15) is 4.90 Å². The first kappa shape index (κ1) is 13.3. The molecule has 0 aliphatic heterocycles. The van der Waals surface area contributed by atoms with Gasteiger partial charge in [0, 0.05) is 19.3 Å². The van der Waals surface area contributed by atoms with Crippen LogP contribution in [0.15, 0.2) is 28.0 Å². The summed E-state index contributed by atoms with van der Waals surface area (Å²) in [4.78, 5) is 11.4. The zero-order chi connectivity index (χ0) is 14.2. The van der Waals surface area contributed by atoms with E-state index in [-0.39, 0.29) is 10.5 Å². The number of hydrogen-bond acceptors (Lipinski definition) is 4. The van der Waals surface area contributed by atoms with E-state index in [2.05, 4.69) is 14.9 Å². The van der Waals surface area contributed by atoms with E-state index in [0.717, 1.165) is 0 Å². The van der Waals surface area contributed by atoms with Crippen molar-refractivity contribution in [3.05, 3.63) is 40.1 Å². The summed E-state index contributed by atoms with van der Waals surface area (Å²) in [5.74, 6) is 0. The predicted octanol–water partition coefficient (Wildman–Crippen LogP) is 0.526. The minimum Gasteiger partial charge on any atom is -0.316 e. The van der Waals surface area contributed by atoms with Crippen molar-refractivity contribution < 1.29 is 8.42 Å². The molecule has 2 N–H and O–H groups in total. The van der Waals surface area contributed by atoms with Crippen LogP contribution >= 0.6 is 0 Å². The number of rotatable bonds is 3. The normalized spacial score (nSPS) is 11.5.